The van der Waals surface area contributed by atoms with Crippen molar-refractivity contribution in [1.82, 2.24) is 19.9 Å². The van der Waals surface area contributed by atoms with Crippen LogP contribution < -0.4 is 5.32 Å². The molecule has 1 N–H and O–H groups in total. The van der Waals surface area contributed by atoms with E-state index in [0.29, 0.717) is 0 Å². The fourth-order valence-corrected chi connectivity index (χ4v) is 3.63. The number of aromatic nitrogens is 3. The predicted octanol–water partition coefficient (Wildman–Crippen LogP) is 3.61. The lowest BCUT2D eigenvalue weighted by Crippen LogP contribution is -2.34. The topological polar surface area (TPSA) is 71.0 Å². The first kappa shape index (κ1) is 16.8. The average Bonchev–Trinajstić information content (AvgIpc) is 3.14. The number of hydrogen-bond donors (Lipinski definition) is 1. The van der Waals surface area contributed by atoms with E-state index in [9.17, 15) is 4.79 Å². The molecule has 0 bridgehead atoms. The first-order valence-corrected chi connectivity index (χ1v) is 9.11. The molecule has 0 unspecified atom stereocenters. The number of carbonyl (C=O) groups excluding carboxylic acids is 1. The van der Waals surface area contributed by atoms with Crippen molar-refractivity contribution in [2.45, 2.75) is 46.6 Å². The van der Waals surface area contributed by atoms with Crippen molar-refractivity contribution in [3.8, 4) is 0 Å². The van der Waals surface area contributed by atoms with Gasteiger partial charge in [0.2, 0.25) is 5.91 Å². The zero-order chi connectivity index (χ0) is 17.3. The van der Waals surface area contributed by atoms with Crippen LogP contribution in [0, 0.1) is 19.8 Å². The van der Waals surface area contributed by atoms with Crippen molar-refractivity contribution in [2.24, 2.45) is 5.92 Å². The van der Waals surface area contributed by atoms with Gasteiger partial charge in [0.05, 0.1) is 6.04 Å². The summed E-state index contributed by atoms with van der Waals surface area (Å²) in [5.41, 5.74) is 0.889. The maximum Gasteiger partial charge on any atom is 0.225 e. The molecule has 3 rings (SSSR count). The van der Waals surface area contributed by atoms with Gasteiger partial charge >= 0.3 is 0 Å². The van der Waals surface area contributed by atoms with Crippen molar-refractivity contribution in [2.75, 3.05) is 11.9 Å². The van der Waals surface area contributed by atoms with Crippen LogP contribution in [0.4, 0.5) is 10.9 Å². The van der Waals surface area contributed by atoms with Crippen LogP contribution in [0.1, 0.15) is 49.1 Å². The number of carbonyl (C=O) groups is 1. The molecule has 128 valence electrons. The van der Waals surface area contributed by atoms with E-state index in [1.165, 1.54) is 0 Å². The van der Waals surface area contributed by atoms with Crippen molar-refractivity contribution in [3.63, 3.8) is 0 Å². The summed E-state index contributed by atoms with van der Waals surface area (Å²) in [7, 11) is 0. The van der Waals surface area contributed by atoms with Gasteiger partial charge in [-0.2, -0.15) is 0 Å². The van der Waals surface area contributed by atoms with Gasteiger partial charge in [0.15, 0.2) is 11.0 Å². The molecular weight excluding hydrogens is 322 g/mol. The van der Waals surface area contributed by atoms with Crippen LogP contribution in [0.5, 0.6) is 0 Å². The molecule has 1 atom stereocenters. The molecule has 1 fully saturated rings. The zero-order valence-corrected chi connectivity index (χ0v) is 15.4. The van der Waals surface area contributed by atoms with Crippen LogP contribution in [-0.2, 0) is 4.79 Å². The molecule has 2 aromatic heterocycles. The van der Waals surface area contributed by atoms with Gasteiger partial charge < -0.3 is 10.2 Å². The van der Waals surface area contributed by atoms with E-state index in [2.05, 4.69) is 20.3 Å². The molecule has 1 aliphatic rings. The second kappa shape index (κ2) is 6.84. The summed E-state index contributed by atoms with van der Waals surface area (Å²) in [6, 6.07) is 1.88. The Balaban J connectivity index is 1.86. The number of hydrogen-bond acceptors (Lipinski definition) is 6. The maximum atomic E-state index is 12.4. The minimum Gasteiger partial charge on any atom is -0.332 e. The quantitative estimate of drug-likeness (QED) is 0.916. The van der Waals surface area contributed by atoms with Crippen LogP contribution in [0.25, 0.3) is 0 Å². The van der Waals surface area contributed by atoms with Crippen LogP contribution in [0.15, 0.2) is 12.3 Å². The Labute approximate surface area is 146 Å². The zero-order valence-electron chi connectivity index (χ0n) is 14.5. The normalized spacial score (nSPS) is 17.5. The van der Waals surface area contributed by atoms with Gasteiger partial charge in [0, 0.05) is 35.3 Å². The maximum absolute atomic E-state index is 12.4. The fourth-order valence-electron chi connectivity index (χ4n) is 2.96. The third-order valence-corrected chi connectivity index (χ3v) is 4.88. The van der Waals surface area contributed by atoms with Crippen molar-refractivity contribution in [3.05, 3.63) is 28.7 Å². The molecule has 0 spiro atoms. The van der Waals surface area contributed by atoms with Gasteiger partial charge in [-0.05, 0) is 26.7 Å². The van der Waals surface area contributed by atoms with Gasteiger partial charge in [-0.3, -0.25) is 4.79 Å². The van der Waals surface area contributed by atoms with Gasteiger partial charge in [-0.1, -0.05) is 13.8 Å². The molecule has 7 heteroatoms. The van der Waals surface area contributed by atoms with E-state index >= 15 is 0 Å². The Morgan fingerprint density at radius 2 is 2.17 bits per heavy atom. The van der Waals surface area contributed by atoms with E-state index in [-0.39, 0.29) is 17.9 Å². The van der Waals surface area contributed by atoms with E-state index in [4.69, 9.17) is 0 Å². The van der Waals surface area contributed by atoms with Crippen LogP contribution in [0.2, 0.25) is 0 Å². The number of nitrogens with zero attached hydrogens (tertiary/aromatic N) is 4. The van der Waals surface area contributed by atoms with Gasteiger partial charge in [-0.25, -0.2) is 15.0 Å². The van der Waals surface area contributed by atoms with Crippen LogP contribution in [-0.4, -0.2) is 32.3 Å². The highest BCUT2D eigenvalue weighted by Crippen LogP contribution is 2.32. The molecule has 1 aliphatic heterocycles. The van der Waals surface area contributed by atoms with Gasteiger partial charge in [0.25, 0.3) is 0 Å². The first-order valence-electron chi connectivity index (χ1n) is 8.29. The molecule has 0 aromatic carbocycles. The third kappa shape index (κ3) is 3.56. The van der Waals surface area contributed by atoms with E-state index in [1.807, 2.05) is 44.9 Å². The molecule has 0 saturated carbocycles. The summed E-state index contributed by atoms with van der Waals surface area (Å²) in [5.74, 6) is 1.62. The van der Waals surface area contributed by atoms with Crippen LogP contribution >= 0.6 is 11.3 Å². The number of anilines is 2. The number of rotatable bonds is 4. The second-order valence-corrected chi connectivity index (χ2v) is 7.73. The van der Waals surface area contributed by atoms with Crippen molar-refractivity contribution in [1.29, 1.82) is 0 Å². The van der Waals surface area contributed by atoms with Crippen LogP contribution in [0.3, 0.4) is 0 Å². The Morgan fingerprint density at radius 1 is 1.38 bits per heavy atom. The Hall–Kier alpha value is -2.02. The largest absolute Gasteiger partial charge is 0.332 e. The molecular formula is C17H23N5OS. The third-order valence-electron chi connectivity index (χ3n) is 4.06. The minimum absolute atomic E-state index is 0.00806. The van der Waals surface area contributed by atoms with Crippen molar-refractivity contribution < 1.29 is 4.79 Å². The highest BCUT2D eigenvalue weighted by Gasteiger charge is 2.33. The smallest absolute Gasteiger partial charge is 0.225 e. The molecule has 2 aromatic rings. The number of nitrogens with one attached hydrogen (secondary N) is 1. The summed E-state index contributed by atoms with van der Waals surface area (Å²) in [6.07, 6.45) is 3.74. The van der Waals surface area contributed by atoms with E-state index < -0.39 is 0 Å². The predicted molar refractivity (Wildman–Crippen MR) is 95.4 cm³/mol. The van der Waals surface area contributed by atoms with Gasteiger partial charge in [-0.15, -0.1) is 11.3 Å². The summed E-state index contributed by atoms with van der Waals surface area (Å²) in [5, 5.41) is 4.07. The molecule has 6 nitrogen and oxygen atoms in total. The number of aryl methyl sites for hydroxylation is 2. The molecule has 0 radical (unpaired) electrons. The highest BCUT2D eigenvalue weighted by atomic mass is 32.1. The lowest BCUT2D eigenvalue weighted by molar-refractivity contribution is -0.135. The first-order chi connectivity index (χ1) is 11.4. The lowest BCUT2D eigenvalue weighted by atomic mass is 10.1. The summed E-state index contributed by atoms with van der Waals surface area (Å²) in [6.45, 7) is 8.63. The van der Waals surface area contributed by atoms with Crippen molar-refractivity contribution >= 4 is 28.2 Å². The van der Waals surface area contributed by atoms with Gasteiger partial charge in [0.1, 0.15) is 5.82 Å². The molecule has 1 saturated heterocycles. The monoisotopic (exact) mass is 345 g/mol. The average molecular weight is 345 g/mol. The lowest BCUT2D eigenvalue weighted by Gasteiger charge is -2.25. The summed E-state index contributed by atoms with van der Waals surface area (Å²) >= 11 is 1.59. The highest BCUT2D eigenvalue weighted by molar-refractivity contribution is 7.15. The molecule has 24 heavy (non-hydrogen) atoms. The number of thiazole rings is 1. The SMILES string of the molecule is Cc1cc(Nc2ncc(C)s2)nc([C@H]2CCCN2C(=O)C(C)C)n1. The molecule has 0 aliphatic carbocycles. The molecule has 1 amide bonds. The van der Waals surface area contributed by atoms with E-state index in [1.54, 1.807) is 11.3 Å². The Kier molecular flexibility index (Phi) is 4.80. The molecule has 3 heterocycles. The summed E-state index contributed by atoms with van der Waals surface area (Å²) in [4.78, 5) is 29.1. The number of likely N-dealkylation sites (tertiary alicyclic amines) is 1. The van der Waals surface area contributed by atoms with E-state index in [0.717, 1.165) is 46.7 Å². The summed E-state index contributed by atoms with van der Waals surface area (Å²) < 4.78 is 0. The standard InChI is InChI=1S/C17H23N5OS/c1-10(2)16(23)22-7-5-6-13(22)15-19-11(3)8-14(20-15)21-17-18-9-12(4)24-17/h8-10,13H,5-7H2,1-4H3,(H,18,19,20,21)/t13-/m1/s1. The fraction of sp³-hybridized carbons (Fsp3) is 0.529. The Bertz CT molecular complexity index is 742. The number of amides is 1. The minimum atomic E-state index is -0.0293. The Morgan fingerprint density at radius 3 is 2.83 bits per heavy atom. The second-order valence-electron chi connectivity index (χ2n) is 6.50.